The molecule has 22 heavy (non-hydrogen) atoms. The van der Waals surface area contributed by atoms with Crippen LogP contribution in [-0.2, 0) is 6.42 Å². The third-order valence-electron chi connectivity index (χ3n) is 3.83. The number of hydrogen-bond acceptors (Lipinski definition) is 3. The summed E-state index contributed by atoms with van der Waals surface area (Å²) in [5.74, 6) is 0. The van der Waals surface area contributed by atoms with Gasteiger partial charge in [0.1, 0.15) is 0 Å². The maximum absolute atomic E-state index is 5.69. The van der Waals surface area contributed by atoms with Crippen molar-refractivity contribution in [1.29, 1.82) is 0 Å². The van der Waals surface area contributed by atoms with Crippen molar-refractivity contribution in [2.75, 3.05) is 7.05 Å². The highest BCUT2D eigenvalue weighted by atomic mass is 32.1. The Balaban J connectivity index is 1.82. The van der Waals surface area contributed by atoms with Crippen molar-refractivity contribution in [3.63, 3.8) is 0 Å². The zero-order valence-electron chi connectivity index (χ0n) is 12.5. The zero-order valence-corrected chi connectivity index (χ0v) is 13.3. The van der Waals surface area contributed by atoms with Crippen LogP contribution in [0.3, 0.4) is 0 Å². The minimum absolute atomic E-state index is 0.101. The van der Waals surface area contributed by atoms with E-state index in [0.29, 0.717) is 0 Å². The van der Waals surface area contributed by atoms with Gasteiger partial charge in [0.15, 0.2) is 0 Å². The fourth-order valence-corrected chi connectivity index (χ4v) is 3.13. The van der Waals surface area contributed by atoms with Gasteiger partial charge < -0.3 is 5.32 Å². The summed E-state index contributed by atoms with van der Waals surface area (Å²) in [5.41, 5.74) is 2.44. The number of aromatic nitrogens is 1. The molecule has 0 fully saturated rings. The van der Waals surface area contributed by atoms with Crippen LogP contribution in [-0.4, -0.2) is 16.9 Å². The first-order valence-electron chi connectivity index (χ1n) is 7.35. The monoisotopic (exact) mass is 306 g/mol. The maximum Gasteiger partial charge on any atom is 0.0641 e. The molecule has 0 bridgehead atoms. The number of fused-ring (bicyclic) bond motifs is 1. The lowest BCUT2D eigenvalue weighted by Crippen LogP contribution is -2.25. The minimum Gasteiger partial charge on any atom is -0.309 e. The van der Waals surface area contributed by atoms with Gasteiger partial charge in [-0.1, -0.05) is 60.7 Å². The Bertz CT molecular complexity index is 784. The highest BCUT2D eigenvalue weighted by Gasteiger charge is 2.14. The molecule has 3 rings (SSSR count). The van der Waals surface area contributed by atoms with E-state index in [1.165, 1.54) is 16.5 Å². The molecule has 1 atom stereocenters. The van der Waals surface area contributed by atoms with Gasteiger partial charge in [-0.25, -0.2) is 0 Å². The molecule has 2 aromatic carbocycles. The van der Waals surface area contributed by atoms with Crippen molar-refractivity contribution in [1.82, 2.24) is 10.3 Å². The van der Waals surface area contributed by atoms with E-state index < -0.39 is 0 Å². The van der Waals surface area contributed by atoms with Crippen LogP contribution in [0, 0.1) is 0 Å². The van der Waals surface area contributed by atoms with Gasteiger partial charge in [0.05, 0.1) is 6.04 Å². The molecular weight excluding hydrogens is 288 g/mol. The molecule has 0 aliphatic carbocycles. The summed E-state index contributed by atoms with van der Waals surface area (Å²) in [4.78, 5) is 5.15. The van der Waals surface area contributed by atoms with Gasteiger partial charge in [-0.2, -0.15) is 0 Å². The first kappa shape index (κ1) is 14.8. The Kier molecular flexibility index (Phi) is 4.56. The number of benzene rings is 2. The Morgan fingerprint density at radius 2 is 1.91 bits per heavy atom. The van der Waals surface area contributed by atoms with Crippen molar-refractivity contribution in [2.45, 2.75) is 12.5 Å². The molecule has 0 spiro atoms. The molecule has 0 aliphatic rings. The Morgan fingerprint density at radius 1 is 1.09 bits per heavy atom. The third kappa shape index (κ3) is 3.21. The summed E-state index contributed by atoms with van der Waals surface area (Å²) >= 11 is 5.69. The van der Waals surface area contributed by atoms with Gasteiger partial charge >= 0.3 is 0 Å². The molecule has 0 amide bonds. The number of nitrogens with one attached hydrogen (secondary N) is 1. The van der Waals surface area contributed by atoms with Gasteiger partial charge in [-0.3, -0.25) is 4.98 Å². The second-order valence-electron chi connectivity index (χ2n) is 5.33. The smallest absolute Gasteiger partial charge is 0.0641 e. The van der Waals surface area contributed by atoms with Gasteiger partial charge in [-0.05, 0) is 29.6 Å². The number of thiocarbonyl (C=S) groups is 1. The number of rotatable bonds is 5. The molecule has 2 nitrogen and oxygen atoms in total. The van der Waals surface area contributed by atoms with E-state index in [-0.39, 0.29) is 6.04 Å². The van der Waals surface area contributed by atoms with Crippen LogP contribution >= 0.6 is 12.2 Å². The molecule has 0 saturated heterocycles. The summed E-state index contributed by atoms with van der Waals surface area (Å²) in [5, 5.41) is 5.69. The van der Waals surface area contributed by atoms with E-state index in [4.69, 9.17) is 12.2 Å². The van der Waals surface area contributed by atoms with Crippen molar-refractivity contribution in [3.05, 3.63) is 78.1 Å². The van der Waals surface area contributed by atoms with Gasteiger partial charge in [0.25, 0.3) is 0 Å². The summed E-state index contributed by atoms with van der Waals surface area (Å²) in [6.45, 7) is 0. The molecular formula is C19H18N2S. The Labute approximate surface area is 136 Å². The van der Waals surface area contributed by atoms with Crippen LogP contribution in [0.5, 0.6) is 0 Å². The molecule has 0 saturated carbocycles. The standard InChI is InChI=1S/C19H18N2S/c1-20-19(15-5-3-2-4-6-15)18(22)12-14-7-8-17-13-21-10-9-16(17)11-14/h2-11,13,19-20H,12H2,1H3/t19-/m1/s1. The first-order chi connectivity index (χ1) is 10.8. The van der Waals surface area contributed by atoms with Gasteiger partial charge in [-0.15, -0.1) is 0 Å². The molecule has 3 aromatic rings. The van der Waals surface area contributed by atoms with Gasteiger partial charge in [0.2, 0.25) is 0 Å². The van der Waals surface area contributed by atoms with Crippen LogP contribution in [0.25, 0.3) is 10.8 Å². The molecule has 0 radical (unpaired) electrons. The predicted molar refractivity (Wildman–Crippen MR) is 96.3 cm³/mol. The van der Waals surface area contributed by atoms with Crippen LogP contribution in [0.15, 0.2) is 67.0 Å². The fourth-order valence-electron chi connectivity index (χ4n) is 2.71. The highest BCUT2D eigenvalue weighted by Crippen LogP contribution is 2.20. The van der Waals surface area contributed by atoms with E-state index in [9.17, 15) is 0 Å². The summed E-state index contributed by atoms with van der Waals surface area (Å²) in [7, 11) is 1.95. The molecule has 1 heterocycles. The average Bonchev–Trinajstić information content (AvgIpc) is 2.56. The molecule has 1 N–H and O–H groups in total. The first-order valence-corrected chi connectivity index (χ1v) is 7.76. The van der Waals surface area contributed by atoms with Crippen LogP contribution in [0.1, 0.15) is 17.2 Å². The van der Waals surface area contributed by atoms with E-state index >= 15 is 0 Å². The predicted octanol–water partition coefficient (Wildman–Crippen LogP) is 4.11. The zero-order chi connectivity index (χ0) is 15.4. The summed E-state index contributed by atoms with van der Waals surface area (Å²) in [6, 6.07) is 18.9. The summed E-state index contributed by atoms with van der Waals surface area (Å²) < 4.78 is 0. The number of pyridine rings is 1. The van der Waals surface area contributed by atoms with E-state index in [1.54, 1.807) is 0 Å². The lowest BCUT2D eigenvalue weighted by Gasteiger charge is -2.18. The maximum atomic E-state index is 5.69. The van der Waals surface area contributed by atoms with E-state index in [1.807, 2.05) is 43.7 Å². The van der Waals surface area contributed by atoms with Crippen LogP contribution in [0.4, 0.5) is 0 Å². The topological polar surface area (TPSA) is 24.9 Å². The SMILES string of the molecule is CN[C@@H](C(=S)Cc1ccc2cnccc2c1)c1ccccc1. The summed E-state index contributed by atoms with van der Waals surface area (Å²) in [6.07, 6.45) is 4.50. The quantitative estimate of drug-likeness (QED) is 0.718. The molecule has 0 aliphatic heterocycles. The highest BCUT2D eigenvalue weighted by molar-refractivity contribution is 7.80. The molecule has 1 aromatic heterocycles. The normalized spacial score (nSPS) is 12.2. The molecule has 3 heteroatoms. The lowest BCUT2D eigenvalue weighted by molar-refractivity contribution is 0.749. The molecule has 0 unspecified atom stereocenters. The van der Waals surface area contributed by atoms with Crippen LogP contribution < -0.4 is 5.32 Å². The molecule has 110 valence electrons. The van der Waals surface area contributed by atoms with Crippen molar-refractivity contribution >= 4 is 27.9 Å². The van der Waals surface area contributed by atoms with E-state index in [2.05, 4.69) is 40.6 Å². The fraction of sp³-hybridized carbons (Fsp3) is 0.158. The average molecular weight is 306 g/mol. The Morgan fingerprint density at radius 3 is 2.68 bits per heavy atom. The lowest BCUT2D eigenvalue weighted by atomic mass is 9.98. The van der Waals surface area contributed by atoms with Gasteiger partial charge in [0, 0.05) is 29.1 Å². The number of hydrogen-bond donors (Lipinski definition) is 1. The van der Waals surface area contributed by atoms with Crippen molar-refractivity contribution in [3.8, 4) is 0 Å². The van der Waals surface area contributed by atoms with E-state index in [0.717, 1.165) is 16.7 Å². The second-order valence-corrected chi connectivity index (χ2v) is 5.86. The largest absolute Gasteiger partial charge is 0.309 e. The van der Waals surface area contributed by atoms with Crippen molar-refractivity contribution in [2.24, 2.45) is 0 Å². The minimum atomic E-state index is 0.101. The third-order valence-corrected chi connectivity index (χ3v) is 4.21. The Hall–Kier alpha value is -2.10. The van der Waals surface area contributed by atoms with Crippen molar-refractivity contribution < 1.29 is 0 Å². The second kappa shape index (κ2) is 6.77. The number of nitrogens with zero attached hydrogens (tertiary/aromatic N) is 1. The van der Waals surface area contributed by atoms with Crippen LogP contribution in [0.2, 0.25) is 0 Å².